The molecule has 2 rings (SSSR count). The molecule has 6 nitrogen and oxygen atoms in total. The SMILES string of the molecule is COc1ccc(/C(C)=N/NC(=O)CNc2ccccc2)cc1OC. The second-order valence-corrected chi connectivity index (χ2v) is 5.02. The van der Waals surface area contributed by atoms with E-state index in [9.17, 15) is 4.79 Å². The van der Waals surface area contributed by atoms with Gasteiger partial charge in [0.15, 0.2) is 11.5 Å². The molecule has 0 aliphatic carbocycles. The van der Waals surface area contributed by atoms with E-state index >= 15 is 0 Å². The van der Waals surface area contributed by atoms with Gasteiger partial charge in [-0.25, -0.2) is 5.43 Å². The Kier molecular flexibility index (Phi) is 6.19. The molecule has 0 radical (unpaired) electrons. The minimum atomic E-state index is -0.223. The molecule has 0 saturated heterocycles. The van der Waals surface area contributed by atoms with Crippen LogP contribution >= 0.6 is 0 Å². The minimum absolute atomic E-state index is 0.146. The number of carbonyl (C=O) groups is 1. The Bertz CT molecular complexity index is 715. The maximum Gasteiger partial charge on any atom is 0.259 e. The summed E-state index contributed by atoms with van der Waals surface area (Å²) >= 11 is 0. The standard InChI is InChI=1S/C18H21N3O3/c1-13(14-9-10-16(23-2)17(11-14)24-3)20-21-18(22)12-19-15-7-5-4-6-8-15/h4-11,19H,12H2,1-3H3,(H,21,22)/b20-13+. The molecule has 0 unspecified atom stereocenters. The number of para-hydroxylation sites is 1. The zero-order chi connectivity index (χ0) is 17.4. The normalized spacial score (nSPS) is 10.9. The third-order valence-corrected chi connectivity index (χ3v) is 3.38. The molecule has 0 bridgehead atoms. The molecule has 0 heterocycles. The summed E-state index contributed by atoms with van der Waals surface area (Å²) in [7, 11) is 3.16. The summed E-state index contributed by atoms with van der Waals surface area (Å²) in [5.74, 6) is 1.03. The van der Waals surface area contributed by atoms with Gasteiger partial charge in [-0.1, -0.05) is 18.2 Å². The Morgan fingerprint density at radius 3 is 2.42 bits per heavy atom. The van der Waals surface area contributed by atoms with Gasteiger partial charge >= 0.3 is 0 Å². The van der Waals surface area contributed by atoms with E-state index in [1.165, 1.54) is 0 Å². The Morgan fingerprint density at radius 2 is 1.75 bits per heavy atom. The second kappa shape index (κ2) is 8.57. The molecule has 0 atom stereocenters. The largest absolute Gasteiger partial charge is 0.493 e. The summed E-state index contributed by atoms with van der Waals surface area (Å²) in [6.07, 6.45) is 0. The number of hydrazone groups is 1. The summed E-state index contributed by atoms with van der Waals surface area (Å²) in [5, 5.41) is 7.14. The first kappa shape index (κ1) is 17.3. The number of ether oxygens (including phenoxy) is 2. The van der Waals surface area contributed by atoms with Crippen molar-refractivity contribution in [1.82, 2.24) is 5.43 Å². The first-order valence-electron chi connectivity index (χ1n) is 7.48. The molecule has 0 saturated carbocycles. The van der Waals surface area contributed by atoms with Gasteiger partial charge in [-0.3, -0.25) is 4.79 Å². The summed E-state index contributed by atoms with van der Waals surface area (Å²) in [5.41, 5.74) is 4.92. The van der Waals surface area contributed by atoms with Crippen LogP contribution in [0.2, 0.25) is 0 Å². The number of amides is 1. The van der Waals surface area contributed by atoms with Crippen LogP contribution in [0.4, 0.5) is 5.69 Å². The maximum absolute atomic E-state index is 11.9. The molecule has 2 N–H and O–H groups in total. The molecule has 6 heteroatoms. The number of benzene rings is 2. The zero-order valence-electron chi connectivity index (χ0n) is 14.0. The van der Waals surface area contributed by atoms with E-state index in [1.807, 2.05) is 49.4 Å². The van der Waals surface area contributed by atoms with E-state index < -0.39 is 0 Å². The Morgan fingerprint density at radius 1 is 1.04 bits per heavy atom. The lowest BCUT2D eigenvalue weighted by Crippen LogP contribution is -2.26. The molecule has 0 aromatic heterocycles. The molecule has 24 heavy (non-hydrogen) atoms. The molecule has 2 aromatic carbocycles. The van der Waals surface area contributed by atoms with E-state index in [1.54, 1.807) is 20.3 Å². The van der Waals surface area contributed by atoms with Crippen LogP contribution in [-0.4, -0.2) is 32.4 Å². The van der Waals surface area contributed by atoms with Crippen LogP contribution in [-0.2, 0) is 4.79 Å². The first-order chi connectivity index (χ1) is 11.6. The van der Waals surface area contributed by atoms with Crippen molar-refractivity contribution in [1.29, 1.82) is 0 Å². The highest BCUT2D eigenvalue weighted by atomic mass is 16.5. The van der Waals surface area contributed by atoms with Crippen molar-refractivity contribution in [3.63, 3.8) is 0 Å². The van der Waals surface area contributed by atoms with E-state index in [2.05, 4.69) is 15.8 Å². The number of nitrogens with zero attached hydrogens (tertiary/aromatic N) is 1. The van der Waals surface area contributed by atoms with Crippen molar-refractivity contribution < 1.29 is 14.3 Å². The highest BCUT2D eigenvalue weighted by Gasteiger charge is 2.07. The quantitative estimate of drug-likeness (QED) is 0.606. The molecular weight excluding hydrogens is 306 g/mol. The maximum atomic E-state index is 11.9. The van der Waals surface area contributed by atoms with E-state index in [-0.39, 0.29) is 12.5 Å². The van der Waals surface area contributed by atoms with Gasteiger partial charge in [0.1, 0.15) is 0 Å². The van der Waals surface area contributed by atoms with Crippen LogP contribution < -0.4 is 20.2 Å². The number of rotatable bonds is 7. The van der Waals surface area contributed by atoms with E-state index in [0.717, 1.165) is 11.3 Å². The number of nitrogens with one attached hydrogen (secondary N) is 2. The third-order valence-electron chi connectivity index (χ3n) is 3.38. The summed E-state index contributed by atoms with van der Waals surface area (Å²) < 4.78 is 10.5. The third kappa shape index (κ3) is 4.74. The van der Waals surface area contributed by atoms with Crippen LogP contribution in [0.1, 0.15) is 12.5 Å². The highest BCUT2D eigenvalue weighted by Crippen LogP contribution is 2.27. The van der Waals surface area contributed by atoms with Gasteiger partial charge in [-0.05, 0) is 37.3 Å². The van der Waals surface area contributed by atoms with Crippen molar-refractivity contribution >= 4 is 17.3 Å². The number of hydrogen-bond donors (Lipinski definition) is 2. The van der Waals surface area contributed by atoms with Crippen LogP contribution in [0, 0.1) is 0 Å². The lowest BCUT2D eigenvalue weighted by Gasteiger charge is -2.09. The monoisotopic (exact) mass is 327 g/mol. The van der Waals surface area contributed by atoms with E-state index in [4.69, 9.17) is 9.47 Å². The molecule has 0 aliphatic heterocycles. The molecular formula is C18H21N3O3. The van der Waals surface area contributed by atoms with Crippen molar-refractivity contribution in [2.75, 3.05) is 26.1 Å². The molecule has 2 aromatic rings. The Hall–Kier alpha value is -3.02. The van der Waals surface area contributed by atoms with Crippen LogP contribution in [0.3, 0.4) is 0 Å². The van der Waals surface area contributed by atoms with Crippen LogP contribution in [0.25, 0.3) is 0 Å². The topological polar surface area (TPSA) is 72.0 Å². The molecule has 126 valence electrons. The number of methoxy groups -OCH3 is 2. The summed E-state index contributed by atoms with van der Waals surface area (Å²) in [6.45, 7) is 1.96. The molecule has 1 amide bonds. The number of hydrogen-bond acceptors (Lipinski definition) is 5. The van der Waals surface area contributed by atoms with Gasteiger partial charge in [-0.15, -0.1) is 0 Å². The van der Waals surface area contributed by atoms with Gasteiger partial charge in [0.2, 0.25) is 0 Å². The second-order valence-electron chi connectivity index (χ2n) is 5.02. The fourth-order valence-corrected chi connectivity index (χ4v) is 2.05. The van der Waals surface area contributed by atoms with Crippen LogP contribution in [0.15, 0.2) is 53.6 Å². The fraction of sp³-hybridized carbons (Fsp3) is 0.222. The predicted octanol–water partition coefficient (Wildman–Crippen LogP) is 2.66. The first-order valence-corrected chi connectivity index (χ1v) is 7.48. The average Bonchev–Trinajstić information content (AvgIpc) is 2.64. The molecule has 0 spiro atoms. The lowest BCUT2D eigenvalue weighted by molar-refractivity contribution is -0.119. The van der Waals surface area contributed by atoms with Gasteiger partial charge < -0.3 is 14.8 Å². The Balaban J connectivity index is 1.94. The average molecular weight is 327 g/mol. The minimum Gasteiger partial charge on any atom is -0.493 e. The van der Waals surface area contributed by atoms with Gasteiger partial charge in [0, 0.05) is 11.3 Å². The smallest absolute Gasteiger partial charge is 0.259 e. The predicted molar refractivity (Wildman–Crippen MR) is 94.8 cm³/mol. The fourth-order valence-electron chi connectivity index (χ4n) is 2.05. The number of anilines is 1. The Labute approximate surface area is 141 Å². The van der Waals surface area contributed by atoms with Crippen molar-refractivity contribution in [3.05, 3.63) is 54.1 Å². The van der Waals surface area contributed by atoms with Crippen molar-refractivity contribution in [3.8, 4) is 11.5 Å². The number of carbonyl (C=O) groups excluding carboxylic acids is 1. The lowest BCUT2D eigenvalue weighted by atomic mass is 10.1. The van der Waals surface area contributed by atoms with Gasteiger partial charge in [0.05, 0.1) is 26.5 Å². The summed E-state index contributed by atoms with van der Waals surface area (Å²) in [6, 6.07) is 15.0. The van der Waals surface area contributed by atoms with Gasteiger partial charge in [0.25, 0.3) is 5.91 Å². The zero-order valence-corrected chi connectivity index (χ0v) is 14.0. The molecule has 0 aliphatic rings. The van der Waals surface area contributed by atoms with Gasteiger partial charge in [-0.2, -0.15) is 5.10 Å². The molecule has 0 fully saturated rings. The van der Waals surface area contributed by atoms with E-state index in [0.29, 0.717) is 17.2 Å². The van der Waals surface area contributed by atoms with Crippen molar-refractivity contribution in [2.24, 2.45) is 5.10 Å². The van der Waals surface area contributed by atoms with Crippen molar-refractivity contribution in [2.45, 2.75) is 6.92 Å². The summed E-state index contributed by atoms with van der Waals surface area (Å²) in [4.78, 5) is 11.9. The highest BCUT2D eigenvalue weighted by molar-refractivity contribution is 5.99. The van der Waals surface area contributed by atoms with Crippen LogP contribution in [0.5, 0.6) is 11.5 Å².